The van der Waals surface area contributed by atoms with Crippen LogP contribution in [0.2, 0.25) is 0 Å². The van der Waals surface area contributed by atoms with Crippen LogP contribution in [0.1, 0.15) is 31.4 Å². The fourth-order valence-electron chi connectivity index (χ4n) is 2.58. The number of carbonyl (C=O) groups excluding carboxylic acids is 2. The number of amides is 2. The summed E-state index contributed by atoms with van der Waals surface area (Å²) in [7, 11) is -3.51. The van der Waals surface area contributed by atoms with Crippen LogP contribution >= 0.6 is 0 Å². The lowest BCUT2D eigenvalue weighted by Crippen LogP contribution is -2.27. The Morgan fingerprint density at radius 2 is 1.55 bits per heavy atom. The number of carbonyl (C=O) groups is 2. The Morgan fingerprint density at radius 3 is 2.10 bits per heavy atom. The van der Waals surface area contributed by atoms with Crippen molar-refractivity contribution in [3.63, 3.8) is 0 Å². The number of benzene rings is 2. The molecule has 2 amide bonds. The highest BCUT2D eigenvalue weighted by Gasteiger charge is 2.14. The molecule has 0 aliphatic rings. The van der Waals surface area contributed by atoms with E-state index in [0.717, 1.165) is 11.1 Å². The lowest BCUT2D eigenvalue weighted by Gasteiger charge is -2.10. The molecule has 0 spiro atoms. The van der Waals surface area contributed by atoms with Gasteiger partial charge in [-0.2, -0.15) is 0 Å². The van der Waals surface area contributed by atoms with Crippen molar-refractivity contribution in [3.05, 3.63) is 59.7 Å². The second-order valence-corrected chi connectivity index (χ2v) is 9.04. The van der Waals surface area contributed by atoms with Gasteiger partial charge in [0.2, 0.25) is 21.8 Å². The first-order chi connectivity index (χ1) is 13.7. The lowest BCUT2D eigenvalue weighted by atomic mass is 10.1. The number of hydrogen-bond acceptors (Lipinski definition) is 4. The number of sulfonamides is 1. The van der Waals surface area contributed by atoms with Gasteiger partial charge in [0.25, 0.3) is 0 Å². The average Bonchev–Trinajstić information content (AvgIpc) is 2.66. The molecule has 0 aromatic heterocycles. The second-order valence-electron chi connectivity index (χ2n) is 7.28. The van der Waals surface area contributed by atoms with Crippen LogP contribution in [0.5, 0.6) is 0 Å². The molecule has 29 heavy (non-hydrogen) atoms. The first-order valence-electron chi connectivity index (χ1n) is 9.41. The maximum Gasteiger partial charge on any atom is 0.240 e. The molecule has 0 radical (unpaired) electrons. The Kier molecular flexibility index (Phi) is 7.92. The summed E-state index contributed by atoms with van der Waals surface area (Å²) in [5.41, 5.74) is 7.45. The highest BCUT2D eigenvalue weighted by atomic mass is 32.2. The van der Waals surface area contributed by atoms with Crippen LogP contribution in [0.15, 0.2) is 53.4 Å². The maximum atomic E-state index is 12.2. The van der Waals surface area contributed by atoms with E-state index < -0.39 is 15.9 Å². The average molecular weight is 418 g/mol. The third-order valence-electron chi connectivity index (χ3n) is 4.17. The topological polar surface area (TPSA) is 118 Å². The van der Waals surface area contributed by atoms with Crippen LogP contribution in [0.3, 0.4) is 0 Å². The Bertz CT molecular complexity index is 937. The molecule has 0 saturated carbocycles. The number of nitrogens with one attached hydrogen (secondary N) is 2. The molecule has 2 aromatic rings. The van der Waals surface area contributed by atoms with Crippen LogP contribution < -0.4 is 15.8 Å². The normalized spacial score (nSPS) is 11.4. The molecule has 0 aliphatic carbocycles. The third-order valence-corrected chi connectivity index (χ3v) is 5.61. The van der Waals surface area contributed by atoms with E-state index in [1.54, 1.807) is 48.5 Å². The highest BCUT2D eigenvalue weighted by Crippen LogP contribution is 2.14. The number of nitrogens with two attached hydrogens (primary N) is 1. The van der Waals surface area contributed by atoms with Crippen LogP contribution in [0, 0.1) is 5.92 Å². The predicted molar refractivity (Wildman–Crippen MR) is 113 cm³/mol. The van der Waals surface area contributed by atoms with Gasteiger partial charge in [0.05, 0.1) is 11.3 Å². The Morgan fingerprint density at radius 1 is 0.966 bits per heavy atom. The first-order valence-corrected chi connectivity index (χ1v) is 10.9. The summed E-state index contributed by atoms with van der Waals surface area (Å²) < 4.78 is 27.0. The molecule has 0 unspecified atom stereocenters. The zero-order chi connectivity index (χ0) is 21.4. The zero-order valence-corrected chi connectivity index (χ0v) is 17.5. The molecule has 7 nitrogen and oxygen atoms in total. The van der Waals surface area contributed by atoms with E-state index in [-0.39, 0.29) is 29.6 Å². The van der Waals surface area contributed by atoms with E-state index in [1.807, 2.05) is 13.8 Å². The van der Waals surface area contributed by atoms with E-state index in [1.165, 1.54) is 0 Å². The van der Waals surface area contributed by atoms with Gasteiger partial charge in [-0.25, -0.2) is 13.1 Å². The van der Waals surface area contributed by atoms with Gasteiger partial charge in [0, 0.05) is 18.7 Å². The van der Waals surface area contributed by atoms with Gasteiger partial charge in [-0.1, -0.05) is 38.1 Å². The molecule has 2 rings (SSSR count). The van der Waals surface area contributed by atoms with Gasteiger partial charge in [0.15, 0.2) is 0 Å². The largest absolute Gasteiger partial charge is 0.369 e. The second kappa shape index (κ2) is 10.2. The van der Waals surface area contributed by atoms with Gasteiger partial charge in [-0.15, -0.1) is 0 Å². The molecule has 156 valence electrons. The molecular formula is C21H27N3O4S. The summed E-state index contributed by atoms with van der Waals surface area (Å²) in [6.45, 7) is 4.26. The van der Waals surface area contributed by atoms with Crippen molar-refractivity contribution in [1.29, 1.82) is 0 Å². The summed E-state index contributed by atoms with van der Waals surface area (Å²) in [6.07, 6.45) is 0.916. The number of aryl methyl sites for hydroxylation is 1. The van der Waals surface area contributed by atoms with Crippen LogP contribution in [-0.4, -0.2) is 26.8 Å². The van der Waals surface area contributed by atoms with Crippen LogP contribution in [0.25, 0.3) is 0 Å². The fraction of sp³-hybridized carbons (Fsp3) is 0.333. The fourth-order valence-corrected chi connectivity index (χ4v) is 3.80. The minimum absolute atomic E-state index is 0.150. The van der Waals surface area contributed by atoms with Gasteiger partial charge in [-0.3, -0.25) is 9.59 Å². The molecule has 0 atom stereocenters. The summed E-state index contributed by atoms with van der Waals surface area (Å²) in [5.74, 6) is -0.332. The summed E-state index contributed by atoms with van der Waals surface area (Å²) in [6, 6.07) is 13.5. The van der Waals surface area contributed by atoms with E-state index >= 15 is 0 Å². The monoisotopic (exact) mass is 417 g/mol. The van der Waals surface area contributed by atoms with Crippen molar-refractivity contribution >= 4 is 27.5 Å². The number of rotatable bonds is 10. The summed E-state index contributed by atoms with van der Waals surface area (Å²) in [4.78, 5) is 23.2. The first kappa shape index (κ1) is 22.6. The molecule has 4 N–H and O–H groups in total. The minimum atomic E-state index is -3.51. The lowest BCUT2D eigenvalue weighted by molar-refractivity contribution is -0.117. The van der Waals surface area contributed by atoms with Crippen molar-refractivity contribution in [2.24, 2.45) is 11.7 Å². The number of hydrogen-bond donors (Lipinski definition) is 3. The molecule has 8 heteroatoms. The molecule has 0 heterocycles. The number of anilines is 1. The smallest absolute Gasteiger partial charge is 0.240 e. The summed E-state index contributed by atoms with van der Waals surface area (Å²) in [5, 5.41) is 2.79. The van der Waals surface area contributed by atoms with Gasteiger partial charge in [0.1, 0.15) is 0 Å². The Labute approximate surface area is 171 Å². The maximum absolute atomic E-state index is 12.2. The minimum Gasteiger partial charge on any atom is -0.369 e. The summed E-state index contributed by atoms with van der Waals surface area (Å²) >= 11 is 0. The molecular weight excluding hydrogens is 390 g/mol. The Hall–Kier alpha value is -2.71. The van der Waals surface area contributed by atoms with Gasteiger partial charge in [-0.05, 0) is 47.7 Å². The predicted octanol–water partition coefficient (Wildman–Crippen LogP) is 2.22. The molecule has 0 saturated heterocycles. The van der Waals surface area contributed by atoms with E-state index in [9.17, 15) is 18.0 Å². The van der Waals surface area contributed by atoms with Gasteiger partial charge >= 0.3 is 0 Å². The van der Waals surface area contributed by atoms with Crippen LogP contribution in [0.4, 0.5) is 5.69 Å². The van der Waals surface area contributed by atoms with E-state index in [2.05, 4.69) is 10.0 Å². The Balaban J connectivity index is 1.86. The molecule has 0 aliphatic heterocycles. The standard InChI is InChI=1S/C21H27N3O4S/c1-15(2)14-23-29(27,28)19-10-5-16(6-11-19)7-12-21(26)24-18-8-3-17(4-9-18)13-20(22)25/h3-6,8-11,15,23H,7,12-14H2,1-2H3,(H2,22,25)(H,24,26). The van der Waals surface area contributed by atoms with Crippen LogP contribution in [-0.2, 0) is 32.5 Å². The highest BCUT2D eigenvalue weighted by molar-refractivity contribution is 7.89. The molecule has 2 aromatic carbocycles. The van der Waals surface area contributed by atoms with Crippen molar-refractivity contribution in [2.45, 2.75) is 38.0 Å². The van der Waals surface area contributed by atoms with E-state index in [0.29, 0.717) is 18.7 Å². The quantitative estimate of drug-likeness (QED) is 0.549. The molecule has 0 bridgehead atoms. The molecule has 0 fully saturated rings. The van der Waals surface area contributed by atoms with E-state index in [4.69, 9.17) is 5.73 Å². The van der Waals surface area contributed by atoms with Crippen molar-refractivity contribution in [3.8, 4) is 0 Å². The van der Waals surface area contributed by atoms with Crippen molar-refractivity contribution < 1.29 is 18.0 Å². The number of primary amides is 1. The van der Waals surface area contributed by atoms with Crippen molar-refractivity contribution in [1.82, 2.24) is 4.72 Å². The third kappa shape index (κ3) is 7.67. The van der Waals surface area contributed by atoms with Gasteiger partial charge < -0.3 is 11.1 Å². The zero-order valence-electron chi connectivity index (χ0n) is 16.6. The SMILES string of the molecule is CC(C)CNS(=O)(=O)c1ccc(CCC(=O)Nc2ccc(CC(N)=O)cc2)cc1. The van der Waals surface area contributed by atoms with Crippen molar-refractivity contribution in [2.75, 3.05) is 11.9 Å².